The number of hydrogen-bond donors (Lipinski definition) is 0. The lowest BCUT2D eigenvalue weighted by Gasteiger charge is -2.25. The Kier molecular flexibility index (Phi) is 6.58. The predicted octanol–water partition coefficient (Wildman–Crippen LogP) is 2.94. The third kappa shape index (κ3) is 5.60. The van der Waals surface area contributed by atoms with E-state index in [1.165, 1.54) is 0 Å². The van der Waals surface area contributed by atoms with Crippen LogP contribution in [-0.4, -0.2) is 54.0 Å². The van der Waals surface area contributed by atoms with Gasteiger partial charge in [-0.2, -0.15) is 0 Å². The number of amides is 1. The number of nitrogens with zero attached hydrogens (tertiary/aromatic N) is 3. The maximum atomic E-state index is 12.4. The number of likely N-dealkylation sites (N-methyl/N-ethyl adjacent to an activating group) is 1. The molecule has 0 aliphatic carbocycles. The van der Waals surface area contributed by atoms with Crippen LogP contribution in [-0.2, 0) is 29.0 Å². The summed E-state index contributed by atoms with van der Waals surface area (Å²) in [6.07, 6.45) is 0.411. The molecule has 1 aromatic carbocycles. The highest BCUT2D eigenvalue weighted by molar-refractivity contribution is 9.10. The van der Waals surface area contributed by atoms with Crippen LogP contribution in [0.2, 0.25) is 0 Å². The fourth-order valence-electron chi connectivity index (χ4n) is 2.69. The van der Waals surface area contributed by atoms with Gasteiger partial charge in [-0.15, -0.1) is 11.3 Å². The van der Waals surface area contributed by atoms with Crippen molar-refractivity contribution in [3.63, 3.8) is 0 Å². The molecule has 7 heteroatoms. The summed E-state index contributed by atoms with van der Waals surface area (Å²) in [4.78, 5) is 21.2. The van der Waals surface area contributed by atoms with Crippen LogP contribution in [0.25, 0.3) is 0 Å². The van der Waals surface area contributed by atoms with E-state index in [1.807, 2.05) is 31.3 Å². The summed E-state index contributed by atoms with van der Waals surface area (Å²) in [5.74, 6) is 0.102. The molecular formula is C18H22BrN3O2S. The van der Waals surface area contributed by atoms with Crippen LogP contribution in [0.15, 0.2) is 34.1 Å². The Bertz CT molecular complexity index is 699. The highest BCUT2D eigenvalue weighted by Gasteiger charge is 2.15. The number of ether oxygens (including phenoxy) is 1. The highest BCUT2D eigenvalue weighted by atomic mass is 79.9. The van der Waals surface area contributed by atoms with Gasteiger partial charge in [0.1, 0.15) is 5.01 Å². The summed E-state index contributed by atoms with van der Waals surface area (Å²) in [6.45, 7) is 4.93. The van der Waals surface area contributed by atoms with Crippen LogP contribution < -0.4 is 0 Å². The van der Waals surface area contributed by atoms with Crippen molar-refractivity contribution in [2.45, 2.75) is 19.5 Å². The number of carbonyl (C=O) groups excluding carboxylic acids is 1. The lowest BCUT2D eigenvalue weighted by Crippen LogP contribution is -2.35. The monoisotopic (exact) mass is 423 g/mol. The molecule has 3 rings (SSSR count). The first-order valence-corrected chi connectivity index (χ1v) is 9.99. The molecule has 1 fully saturated rings. The van der Waals surface area contributed by atoms with Gasteiger partial charge < -0.3 is 9.64 Å². The molecule has 0 N–H and O–H groups in total. The molecular weight excluding hydrogens is 402 g/mol. The fourth-order valence-corrected chi connectivity index (χ4v) is 3.78. The van der Waals surface area contributed by atoms with Gasteiger partial charge in [0.25, 0.3) is 0 Å². The normalized spacial score (nSPS) is 15.3. The average Bonchev–Trinajstić information content (AvgIpc) is 3.04. The Morgan fingerprint density at radius 3 is 2.76 bits per heavy atom. The summed E-state index contributed by atoms with van der Waals surface area (Å²) in [5.41, 5.74) is 1.98. The molecule has 1 aliphatic heterocycles. The molecule has 0 unspecified atom stereocenters. The Balaban J connectivity index is 1.51. The zero-order chi connectivity index (χ0) is 17.6. The highest BCUT2D eigenvalue weighted by Crippen LogP contribution is 2.16. The van der Waals surface area contributed by atoms with Crippen LogP contribution in [0.5, 0.6) is 0 Å². The molecule has 0 spiro atoms. The van der Waals surface area contributed by atoms with E-state index in [0.29, 0.717) is 13.0 Å². The van der Waals surface area contributed by atoms with Crippen molar-refractivity contribution in [1.82, 2.24) is 14.8 Å². The van der Waals surface area contributed by atoms with Crippen molar-refractivity contribution in [2.24, 2.45) is 0 Å². The van der Waals surface area contributed by atoms with Gasteiger partial charge in [-0.05, 0) is 17.7 Å². The predicted molar refractivity (Wildman–Crippen MR) is 103 cm³/mol. The Morgan fingerprint density at radius 2 is 2.04 bits per heavy atom. The van der Waals surface area contributed by atoms with Crippen LogP contribution >= 0.6 is 27.3 Å². The maximum Gasteiger partial charge on any atom is 0.227 e. The molecule has 0 atom stereocenters. The van der Waals surface area contributed by atoms with E-state index in [1.54, 1.807) is 16.2 Å². The molecule has 2 aromatic rings. The van der Waals surface area contributed by atoms with Crippen molar-refractivity contribution in [3.8, 4) is 0 Å². The Hall–Kier alpha value is -1.28. The largest absolute Gasteiger partial charge is 0.379 e. The topological polar surface area (TPSA) is 45.7 Å². The first kappa shape index (κ1) is 18.5. The number of morpholine rings is 1. The van der Waals surface area contributed by atoms with Crippen molar-refractivity contribution in [1.29, 1.82) is 0 Å². The lowest BCUT2D eigenvalue weighted by molar-refractivity contribution is -0.129. The maximum absolute atomic E-state index is 12.4. The SMILES string of the molecule is CN(Cc1csc(CN2CCOCC2)n1)C(=O)Cc1ccc(Br)cc1. The van der Waals surface area contributed by atoms with Gasteiger partial charge in [0.2, 0.25) is 5.91 Å². The zero-order valence-electron chi connectivity index (χ0n) is 14.3. The third-order valence-corrected chi connectivity index (χ3v) is 5.57. The molecule has 0 bridgehead atoms. The van der Waals surface area contributed by atoms with Gasteiger partial charge in [0.05, 0.1) is 38.4 Å². The summed E-state index contributed by atoms with van der Waals surface area (Å²) >= 11 is 5.08. The fraction of sp³-hybridized carbons (Fsp3) is 0.444. The van der Waals surface area contributed by atoms with Crippen molar-refractivity contribution in [2.75, 3.05) is 33.4 Å². The van der Waals surface area contributed by atoms with E-state index in [-0.39, 0.29) is 5.91 Å². The number of hydrogen-bond acceptors (Lipinski definition) is 5. The van der Waals surface area contributed by atoms with Crippen molar-refractivity contribution < 1.29 is 9.53 Å². The molecule has 5 nitrogen and oxygen atoms in total. The number of benzene rings is 1. The third-order valence-electron chi connectivity index (χ3n) is 4.16. The van der Waals surface area contributed by atoms with Gasteiger partial charge in [-0.3, -0.25) is 9.69 Å². The number of thiazole rings is 1. The number of halogens is 1. The average molecular weight is 424 g/mol. The quantitative estimate of drug-likeness (QED) is 0.716. The molecule has 1 saturated heterocycles. The van der Waals surface area contributed by atoms with E-state index < -0.39 is 0 Å². The molecule has 25 heavy (non-hydrogen) atoms. The minimum atomic E-state index is 0.102. The molecule has 134 valence electrons. The molecule has 1 aromatic heterocycles. The van der Waals surface area contributed by atoms with Crippen LogP contribution in [0, 0.1) is 0 Å². The van der Waals surface area contributed by atoms with Crippen LogP contribution in [0.1, 0.15) is 16.3 Å². The smallest absolute Gasteiger partial charge is 0.227 e. The number of rotatable bonds is 6. The standard InChI is InChI=1S/C18H22BrN3O2S/c1-21(18(23)10-14-2-4-15(19)5-3-14)11-16-13-25-17(20-16)12-22-6-8-24-9-7-22/h2-5,13H,6-12H2,1H3. The van der Waals surface area contributed by atoms with E-state index in [9.17, 15) is 4.79 Å². The van der Waals surface area contributed by atoms with Crippen LogP contribution in [0.3, 0.4) is 0 Å². The minimum Gasteiger partial charge on any atom is -0.379 e. The second-order valence-electron chi connectivity index (χ2n) is 6.17. The minimum absolute atomic E-state index is 0.102. The first-order chi connectivity index (χ1) is 12.1. The zero-order valence-corrected chi connectivity index (χ0v) is 16.7. The summed E-state index contributed by atoms with van der Waals surface area (Å²) < 4.78 is 6.39. The van der Waals surface area contributed by atoms with Crippen molar-refractivity contribution >= 4 is 33.2 Å². The Morgan fingerprint density at radius 1 is 1.32 bits per heavy atom. The summed E-state index contributed by atoms with van der Waals surface area (Å²) in [5, 5.41) is 3.16. The van der Waals surface area contributed by atoms with E-state index >= 15 is 0 Å². The van der Waals surface area contributed by atoms with E-state index in [4.69, 9.17) is 4.74 Å². The van der Waals surface area contributed by atoms with Gasteiger partial charge >= 0.3 is 0 Å². The molecule has 1 amide bonds. The molecule has 1 aliphatic rings. The Labute approximate surface area is 160 Å². The van der Waals surface area contributed by atoms with Gasteiger partial charge in [-0.1, -0.05) is 28.1 Å². The first-order valence-electron chi connectivity index (χ1n) is 8.32. The van der Waals surface area contributed by atoms with E-state index in [0.717, 1.165) is 53.6 Å². The number of carbonyl (C=O) groups is 1. The summed E-state index contributed by atoms with van der Waals surface area (Å²) in [7, 11) is 1.84. The van der Waals surface area contributed by atoms with E-state index in [2.05, 4.69) is 31.2 Å². The second-order valence-corrected chi connectivity index (χ2v) is 8.03. The van der Waals surface area contributed by atoms with Gasteiger partial charge in [0.15, 0.2) is 0 Å². The molecule has 2 heterocycles. The lowest BCUT2D eigenvalue weighted by atomic mass is 10.1. The van der Waals surface area contributed by atoms with Gasteiger partial charge in [0, 0.05) is 30.0 Å². The van der Waals surface area contributed by atoms with Crippen molar-refractivity contribution in [3.05, 3.63) is 50.4 Å². The number of aromatic nitrogens is 1. The van der Waals surface area contributed by atoms with Gasteiger partial charge in [-0.25, -0.2) is 4.98 Å². The molecule has 0 saturated carbocycles. The van der Waals surface area contributed by atoms with Crippen LogP contribution in [0.4, 0.5) is 0 Å². The second kappa shape index (κ2) is 8.89. The summed E-state index contributed by atoms with van der Waals surface area (Å²) in [6, 6.07) is 7.86. The molecule has 0 radical (unpaired) electrons.